The number of likely N-dealkylation sites (tertiary alicyclic amines) is 1. The van der Waals surface area contributed by atoms with Gasteiger partial charge in [-0.3, -0.25) is 33.5 Å². The number of nitrogens with zero attached hydrogens (tertiary/aromatic N) is 9. The second kappa shape index (κ2) is 17.7. The predicted molar refractivity (Wildman–Crippen MR) is 231 cm³/mol. The number of ether oxygens (including phenoxy) is 1. The molecule has 3 aliphatic heterocycles. The number of anilines is 2. The summed E-state index contributed by atoms with van der Waals surface area (Å²) in [6.45, 7) is 8.28. The Morgan fingerprint density at radius 1 is 1.00 bits per heavy atom. The molecule has 9 rings (SSSR count). The number of aryl methyl sites for hydroxylation is 1. The van der Waals surface area contributed by atoms with E-state index in [0.29, 0.717) is 47.4 Å². The maximum atomic E-state index is 14.3. The van der Waals surface area contributed by atoms with Crippen molar-refractivity contribution in [3.8, 4) is 11.8 Å². The number of halogens is 2. The van der Waals surface area contributed by atoms with Gasteiger partial charge in [0.05, 0.1) is 46.7 Å². The highest BCUT2D eigenvalue weighted by molar-refractivity contribution is 6.08. The first-order valence-corrected chi connectivity index (χ1v) is 22.1. The number of aromatic nitrogens is 7. The Hall–Kier alpha value is -5.93. The van der Waals surface area contributed by atoms with E-state index in [4.69, 9.17) is 9.72 Å². The summed E-state index contributed by atoms with van der Waals surface area (Å²) in [6.07, 6.45) is 8.67. The van der Waals surface area contributed by atoms with Crippen LogP contribution in [0.25, 0.3) is 16.7 Å². The second-order valence-corrected chi connectivity index (χ2v) is 17.7. The van der Waals surface area contributed by atoms with Crippen LogP contribution in [0, 0.1) is 23.7 Å². The van der Waals surface area contributed by atoms with Crippen molar-refractivity contribution in [1.29, 1.82) is 0 Å². The Bertz CT molecular complexity index is 2650. The average molecular weight is 866 g/mol. The van der Waals surface area contributed by atoms with Gasteiger partial charge in [-0.25, -0.2) is 23.1 Å². The molecular formula is C45H53F2N11O5. The number of nitrogens with one attached hydrogen (secondary N) is 2. The summed E-state index contributed by atoms with van der Waals surface area (Å²) in [7, 11) is 1.69. The van der Waals surface area contributed by atoms with Gasteiger partial charge >= 0.3 is 5.69 Å². The fourth-order valence-corrected chi connectivity index (χ4v) is 9.99. The monoisotopic (exact) mass is 865 g/mol. The number of para-hydroxylation sites is 1. The third-order valence-electron chi connectivity index (χ3n) is 13.2. The third-order valence-corrected chi connectivity index (χ3v) is 13.2. The fourth-order valence-electron chi connectivity index (χ4n) is 9.99. The topological polar surface area (TPSA) is 166 Å². The van der Waals surface area contributed by atoms with Crippen molar-refractivity contribution in [2.75, 3.05) is 42.9 Å². The highest BCUT2D eigenvalue weighted by atomic mass is 19.3. The first-order chi connectivity index (χ1) is 30.4. The lowest BCUT2D eigenvalue weighted by Crippen LogP contribution is -2.45. The van der Waals surface area contributed by atoms with E-state index in [0.717, 1.165) is 70.1 Å². The van der Waals surface area contributed by atoms with Crippen molar-refractivity contribution >= 4 is 45.9 Å². The summed E-state index contributed by atoms with van der Waals surface area (Å²) in [5.74, 6) is 6.96. The van der Waals surface area contributed by atoms with Crippen LogP contribution >= 0.6 is 0 Å². The number of alkyl halides is 2. The Morgan fingerprint density at radius 2 is 1.76 bits per heavy atom. The first-order valence-electron chi connectivity index (χ1n) is 22.1. The SMILES string of the molecule is C[C@@H]1CN(c2ccn3ncc(C(=O)Nc4cn([C@H]5CC[C@H](CN6CCC(CC#Cc7cccc8c7n(C)c(=O)n8C7CCC(=O)NC7=O)CC6)CC5)nc4C(F)F)c3n2)C[C@@H](C)O1. The molecule has 1 saturated carbocycles. The molecule has 16 nitrogen and oxygen atoms in total. The number of carbonyl (C=O) groups is 3. The van der Waals surface area contributed by atoms with Crippen LogP contribution in [0.5, 0.6) is 0 Å². The number of rotatable bonds is 9. The van der Waals surface area contributed by atoms with Crippen molar-refractivity contribution in [3.63, 3.8) is 0 Å². The van der Waals surface area contributed by atoms with E-state index < -0.39 is 30.0 Å². The largest absolute Gasteiger partial charge is 0.372 e. The standard InChI is InChI=1S/C45H53F2N11O5/c1-27-23-55(24-28(2)63-27)37-18-21-56-42(50-37)33(22-48-56)43(60)49-34-26-57(52-39(34)41(46)47)32-12-10-30(11-13-32)25-54-19-16-29(17-20-54)6-4-7-31-8-5-9-35-40(31)53(3)45(62)58(35)36-14-15-38(59)51-44(36)61/h5,8-9,18,21-22,26-30,32,36,41H,6,10-17,19-20,23-25H2,1-3H3,(H,49,60)(H,51,59,61)/t27-,28-,30-,32-,36?/m1/s1. The molecule has 1 aromatic carbocycles. The summed E-state index contributed by atoms with van der Waals surface area (Å²) in [5, 5.41) is 13.6. The zero-order valence-corrected chi connectivity index (χ0v) is 35.8. The number of morpholine rings is 1. The van der Waals surface area contributed by atoms with Gasteiger partial charge in [-0.15, -0.1) is 0 Å². The summed E-state index contributed by atoms with van der Waals surface area (Å²) in [4.78, 5) is 60.6. The zero-order valence-electron chi connectivity index (χ0n) is 35.8. The Kier molecular flexibility index (Phi) is 11.9. The average Bonchev–Trinajstić information content (AvgIpc) is 3.96. The van der Waals surface area contributed by atoms with Gasteiger partial charge in [0.25, 0.3) is 12.3 Å². The van der Waals surface area contributed by atoms with Gasteiger partial charge in [-0.2, -0.15) is 10.2 Å². The van der Waals surface area contributed by atoms with Crippen LogP contribution < -0.4 is 21.2 Å². The van der Waals surface area contributed by atoms with E-state index in [1.807, 2.05) is 38.1 Å². The molecule has 0 spiro atoms. The van der Waals surface area contributed by atoms with Crippen LogP contribution in [-0.4, -0.2) is 101 Å². The highest BCUT2D eigenvalue weighted by Gasteiger charge is 2.33. The van der Waals surface area contributed by atoms with Gasteiger partial charge in [0.15, 0.2) is 11.3 Å². The van der Waals surface area contributed by atoms with E-state index in [1.165, 1.54) is 26.0 Å². The number of piperidine rings is 2. The Balaban J connectivity index is 0.770. The number of imidazole rings is 1. The molecule has 63 heavy (non-hydrogen) atoms. The van der Waals surface area contributed by atoms with Gasteiger partial charge in [-0.1, -0.05) is 17.9 Å². The van der Waals surface area contributed by atoms with Crippen LogP contribution in [0.2, 0.25) is 0 Å². The minimum Gasteiger partial charge on any atom is -0.372 e. The molecule has 4 fully saturated rings. The van der Waals surface area contributed by atoms with Crippen LogP contribution in [-0.2, 0) is 21.4 Å². The van der Waals surface area contributed by atoms with E-state index in [9.17, 15) is 28.0 Å². The molecule has 332 valence electrons. The van der Waals surface area contributed by atoms with Gasteiger partial charge in [0.1, 0.15) is 17.4 Å². The Labute approximate surface area is 362 Å². The minimum absolute atomic E-state index is 0.0115. The zero-order chi connectivity index (χ0) is 43.9. The molecular weight excluding hydrogens is 813 g/mol. The quantitative estimate of drug-likeness (QED) is 0.148. The number of hydrogen-bond acceptors (Lipinski definition) is 10. The van der Waals surface area contributed by atoms with Crippen molar-refractivity contribution in [3.05, 3.63) is 70.2 Å². The predicted octanol–water partition coefficient (Wildman–Crippen LogP) is 5.25. The van der Waals surface area contributed by atoms with Crippen molar-refractivity contribution in [2.45, 2.75) is 102 Å². The van der Waals surface area contributed by atoms with E-state index in [1.54, 1.807) is 17.9 Å². The van der Waals surface area contributed by atoms with E-state index in [-0.39, 0.29) is 53.9 Å². The van der Waals surface area contributed by atoms with Crippen LogP contribution in [0.1, 0.15) is 112 Å². The van der Waals surface area contributed by atoms with Gasteiger partial charge in [-0.05, 0) is 102 Å². The van der Waals surface area contributed by atoms with Gasteiger partial charge in [0.2, 0.25) is 11.8 Å². The smallest absolute Gasteiger partial charge is 0.329 e. The summed E-state index contributed by atoms with van der Waals surface area (Å²) >= 11 is 0. The summed E-state index contributed by atoms with van der Waals surface area (Å²) in [5.41, 5.74) is 1.78. The molecule has 3 atom stereocenters. The number of carbonyl (C=O) groups excluding carboxylic acids is 3. The van der Waals surface area contributed by atoms with Crippen molar-refractivity contribution < 1.29 is 27.9 Å². The van der Waals surface area contributed by atoms with Crippen molar-refractivity contribution in [1.82, 2.24) is 43.7 Å². The Morgan fingerprint density at radius 3 is 2.49 bits per heavy atom. The number of amides is 3. The van der Waals surface area contributed by atoms with Crippen molar-refractivity contribution in [2.24, 2.45) is 18.9 Å². The van der Waals surface area contributed by atoms with Crippen LogP contribution in [0.4, 0.5) is 20.3 Å². The first kappa shape index (κ1) is 42.4. The van der Waals surface area contributed by atoms with Crippen LogP contribution in [0.3, 0.4) is 0 Å². The molecule has 4 aliphatic rings. The third kappa shape index (κ3) is 8.72. The maximum Gasteiger partial charge on any atom is 0.329 e. The lowest BCUT2D eigenvalue weighted by molar-refractivity contribution is -0.135. The lowest BCUT2D eigenvalue weighted by atomic mass is 9.85. The second-order valence-electron chi connectivity index (χ2n) is 17.7. The summed E-state index contributed by atoms with van der Waals surface area (Å²) < 4.78 is 40.6. The van der Waals surface area contributed by atoms with Crippen LogP contribution in [0.15, 0.2) is 47.7 Å². The molecule has 7 heterocycles. The molecule has 5 aromatic rings. The maximum absolute atomic E-state index is 14.3. The van der Waals surface area contributed by atoms with Gasteiger partial charge < -0.3 is 19.9 Å². The number of fused-ring (bicyclic) bond motifs is 2. The number of benzene rings is 1. The number of hydrogen-bond donors (Lipinski definition) is 2. The molecule has 4 aromatic heterocycles. The van der Waals surface area contributed by atoms with Gasteiger partial charge in [0, 0.05) is 51.9 Å². The minimum atomic E-state index is -2.87. The molecule has 3 saturated heterocycles. The fraction of sp³-hybridized carbons (Fsp3) is 0.533. The molecule has 2 N–H and O–H groups in total. The number of imide groups is 1. The van der Waals surface area contributed by atoms with E-state index in [2.05, 4.69) is 42.5 Å². The normalized spacial score (nSPS) is 23.9. The molecule has 1 aliphatic carbocycles. The molecule has 3 amide bonds. The molecule has 0 bridgehead atoms. The molecule has 1 unspecified atom stereocenters. The highest BCUT2D eigenvalue weighted by Crippen LogP contribution is 2.36. The summed E-state index contributed by atoms with van der Waals surface area (Å²) in [6, 6.07) is 6.61. The van der Waals surface area contributed by atoms with E-state index >= 15 is 0 Å². The lowest BCUT2D eigenvalue weighted by Gasteiger charge is -2.36. The molecule has 0 radical (unpaired) electrons. The molecule has 18 heteroatoms.